The lowest BCUT2D eigenvalue weighted by atomic mass is 9.67. The number of fused-ring (bicyclic) bond motifs is 4. The maximum Gasteiger partial charge on any atom is 0.327 e. The van der Waals surface area contributed by atoms with Crippen LogP contribution in [0.4, 0.5) is 5.69 Å². The molecule has 14 heteroatoms. The van der Waals surface area contributed by atoms with Crippen LogP contribution < -0.4 is 25.4 Å². The molecule has 3 aromatic rings. The summed E-state index contributed by atoms with van der Waals surface area (Å²) in [6, 6.07) is 15.0. The van der Waals surface area contributed by atoms with E-state index in [2.05, 4.69) is 52.9 Å². The number of carbonyl (C=O) groups is 3. The summed E-state index contributed by atoms with van der Waals surface area (Å²) in [5.74, 6) is -4.05. The van der Waals surface area contributed by atoms with Crippen molar-refractivity contribution in [2.24, 2.45) is 0 Å². The van der Waals surface area contributed by atoms with E-state index in [9.17, 15) is 32.5 Å². The third-order valence-electron chi connectivity index (χ3n) is 11.3. The van der Waals surface area contributed by atoms with E-state index in [4.69, 9.17) is 9.47 Å². The number of hydrogen-bond acceptors (Lipinski definition) is 9. The van der Waals surface area contributed by atoms with Crippen LogP contribution >= 0.6 is 0 Å². The van der Waals surface area contributed by atoms with Crippen LogP contribution in [-0.4, -0.2) is 120 Å². The van der Waals surface area contributed by atoms with Crippen LogP contribution in [0.15, 0.2) is 48.5 Å². The van der Waals surface area contributed by atoms with Gasteiger partial charge in [-0.15, -0.1) is 0 Å². The van der Waals surface area contributed by atoms with Gasteiger partial charge in [-0.1, -0.05) is 32.0 Å². The highest BCUT2D eigenvalue weighted by Gasteiger charge is 2.37. The van der Waals surface area contributed by atoms with Crippen molar-refractivity contribution in [3.05, 3.63) is 98.1 Å². The first-order valence-electron chi connectivity index (χ1n) is 19.2. The van der Waals surface area contributed by atoms with Gasteiger partial charge in [-0.2, -0.15) is 0 Å². The Kier molecular flexibility index (Phi) is 12.3. The summed E-state index contributed by atoms with van der Waals surface area (Å²) < 4.78 is 47.0. The van der Waals surface area contributed by atoms with Crippen LogP contribution in [0.25, 0.3) is 5.57 Å². The molecular formula is C42H52N4O9S. The second kappa shape index (κ2) is 16.8. The minimum absolute atomic E-state index is 0.0827. The van der Waals surface area contributed by atoms with Crippen molar-refractivity contribution in [2.45, 2.75) is 57.4 Å². The molecule has 3 aliphatic rings. The Morgan fingerprint density at radius 3 is 2.45 bits per heavy atom. The maximum atomic E-state index is 14.4. The molecule has 2 aliphatic heterocycles. The van der Waals surface area contributed by atoms with Crippen molar-refractivity contribution in [3.8, 4) is 0 Å². The van der Waals surface area contributed by atoms with Crippen LogP contribution in [0, 0.1) is 0 Å². The Hall–Kier alpha value is -4.63. The van der Waals surface area contributed by atoms with Crippen LogP contribution in [-0.2, 0) is 47.4 Å². The second-order valence-corrected chi connectivity index (χ2v) is 16.9. The van der Waals surface area contributed by atoms with Gasteiger partial charge >= 0.3 is 5.97 Å². The van der Waals surface area contributed by atoms with Crippen molar-refractivity contribution < 1.29 is 41.9 Å². The molecule has 0 fully saturated rings. The highest BCUT2D eigenvalue weighted by atomic mass is 32.2. The average molecular weight is 789 g/mol. The number of anilines is 1. The topological polar surface area (TPSA) is 169 Å². The normalized spacial score (nSPS) is 16.3. The average Bonchev–Trinajstić information content (AvgIpc) is 3.16. The van der Waals surface area contributed by atoms with E-state index in [0.717, 1.165) is 73.8 Å². The number of rotatable bonds is 15. The summed E-state index contributed by atoms with van der Waals surface area (Å²) in [5, 5.41) is 13.7. The molecule has 1 atom stereocenters. The van der Waals surface area contributed by atoms with Crippen molar-refractivity contribution in [1.82, 2.24) is 14.8 Å². The third-order valence-corrected chi connectivity index (χ3v) is 12.1. The number of hydrogen-bond donors (Lipinski definition) is 2. The molecule has 0 radical (unpaired) electrons. The van der Waals surface area contributed by atoms with Crippen molar-refractivity contribution in [1.29, 1.82) is 0 Å². The summed E-state index contributed by atoms with van der Waals surface area (Å²) in [6.45, 7) is 9.18. The molecule has 0 spiro atoms. The summed E-state index contributed by atoms with van der Waals surface area (Å²) in [6.07, 6.45) is 3.59. The smallest absolute Gasteiger partial charge is 0.327 e. The van der Waals surface area contributed by atoms with Gasteiger partial charge in [0.2, 0.25) is 11.3 Å². The lowest BCUT2D eigenvalue weighted by molar-refractivity contribution is -0.141. The zero-order valence-corrected chi connectivity index (χ0v) is 33.7. The van der Waals surface area contributed by atoms with Crippen molar-refractivity contribution in [2.75, 3.05) is 77.9 Å². The SMILES string of the molecule is COCCN1CCCc2cc3c(cc21)C(C)(C)c1cc2c(cc1=C3c1ccccc1C(=O)N(C)CCC(=O)N[C@@H](CS(=O)(=O)[O-])C(=O)O)CCC[N+]=2CCOC. The largest absolute Gasteiger partial charge is 0.748 e. The lowest BCUT2D eigenvalue weighted by Gasteiger charge is -2.39. The number of carboxylic acid groups (broad SMARTS) is 1. The fourth-order valence-electron chi connectivity index (χ4n) is 8.42. The molecule has 2 N–H and O–H groups in total. The molecule has 0 bridgehead atoms. The van der Waals surface area contributed by atoms with Crippen molar-refractivity contribution in [3.63, 3.8) is 0 Å². The van der Waals surface area contributed by atoms with E-state index >= 15 is 0 Å². The Balaban J connectivity index is 1.48. The van der Waals surface area contributed by atoms with Crippen LogP contribution in [0.2, 0.25) is 0 Å². The number of nitrogens with one attached hydrogen (secondary N) is 1. The minimum atomic E-state index is -4.91. The summed E-state index contributed by atoms with van der Waals surface area (Å²) in [4.78, 5) is 42.4. The van der Waals surface area contributed by atoms with Crippen LogP contribution in [0.1, 0.15) is 76.8 Å². The number of aryl methyl sites for hydroxylation is 2. The number of benzene rings is 3. The summed E-state index contributed by atoms with van der Waals surface area (Å²) in [5.41, 5.74) is 8.92. The first-order chi connectivity index (χ1) is 26.6. The number of methoxy groups -OCH3 is 2. The van der Waals surface area contributed by atoms with Crippen molar-refractivity contribution >= 4 is 39.2 Å². The molecular weight excluding hydrogens is 737 g/mol. The minimum Gasteiger partial charge on any atom is -0.748 e. The highest BCUT2D eigenvalue weighted by molar-refractivity contribution is 7.85. The number of nitrogens with zero attached hydrogens (tertiary/aromatic N) is 3. The molecule has 0 saturated carbocycles. The first kappa shape index (κ1) is 41.0. The zero-order valence-electron chi connectivity index (χ0n) is 32.9. The van der Waals surface area contributed by atoms with Gasteiger partial charge in [-0.25, -0.2) is 17.8 Å². The van der Waals surface area contributed by atoms with Crippen LogP contribution in [0.5, 0.6) is 0 Å². The molecule has 56 heavy (non-hydrogen) atoms. The molecule has 2 amide bonds. The predicted molar refractivity (Wildman–Crippen MR) is 212 cm³/mol. The molecule has 6 rings (SSSR count). The second-order valence-electron chi connectivity index (χ2n) is 15.4. The Morgan fingerprint density at radius 1 is 1.00 bits per heavy atom. The number of carbonyl (C=O) groups excluding carboxylic acids is 2. The number of amides is 2. The monoisotopic (exact) mass is 788 g/mol. The van der Waals surface area contributed by atoms with E-state index in [1.54, 1.807) is 27.3 Å². The molecule has 0 unspecified atom stereocenters. The molecule has 2 heterocycles. The van der Waals surface area contributed by atoms with Gasteiger partial charge in [0.15, 0.2) is 6.54 Å². The molecule has 3 aromatic carbocycles. The van der Waals surface area contributed by atoms with E-state index in [0.29, 0.717) is 18.8 Å². The Bertz CT molecular complexity index is 2270. The van der Waals surface area contributed by atoms with Gasteiger partial charge in [0.1, 0.15) is 19.2 Å². The molecule has 0 aromatic heterocycles. The summed E-state index contributed by atoms with van der Waals surface area (Å²) >= 11 is 0. The molecule has 300 valence electrons. The fraction of sp³-hybridized carbons (Fsp3) is 0.476. The highest BCUT2D eigenvalue weighted by Crippen LogP contribution is 2.44. The van der Waals surface area contributed by atoms with Gasteiger partial charge in [0, 0.05) is 82.0 Å². The Morgan fingerprint density at radius 2 is 1.73 bits per heavy atom. The number of aliphatic carboxylic acids is 1. The van der Waals surface area contributed by atoms with Gasteiger partial charge in [0.05, 0.1) is 22.5 Å². The quantitative estimate of drug-likeness (QED) is 0.171. The van der Waals surface area contributed by atoms with Gasteiger partial charge in [-0.3, -0.25) is 9.59 Å². The third kappa shape index (κ3) is 8.53. The maximum absolute atomic E-state index is 14.4. The number of ether oxygens (including phenoxy) is 2. The lowest BCUT2D eigenvalue weighted by Crippen LogP contribution is -2.46. The first-order valence-corrected chi connectivity index (χ1v) is 20.7. The fourth-order valence-corrected chi connectivity index (χ4v) is 9.06. The van der Waals surface area contributed by atoms with E-state index in [1.165, 1.54) is 38.2 Å². The summed E-state index contributed by atoms with van der Waals surface area (Å²) in [7, 11) is 0.100. The Labute approximate surface area is 328 Å². The molecule has 1 aliphatic carbocycles. The van der Waals surface area contributed by atoms with Gasteiger partial charge in [0.25, 0.3) is 5.91 Å². The van der Waals surface area contributed by atoms with Crippen LogP contribution in [0.3, 0.4) is 0 Å². The zero-order chi connectivity index (χ0) is 40.4. The predicted octanol–water partition coefficient (Wildman–Crippen LogP) is 1.63. The van der Waals surface area contributed by atoms with E-state index in [1.807, 2.05) is 18.2 Å². The van der Waals surface area contributed by atoms with E-state index in [-0.39, 0.29) is 18.9 Å². The molecule has 13 nitrogen and oxygen atoms in total. The van der Waals surface area contributed by atoms with Gasteiger partial charge < -0.3 is 34.2 Å². The standard InChI is InChI=1S/C42H52N4O9S/c1-42(2)33-24-36-27(10-8-15-45(36)18-20-54-4)22-31(33)39(32-23-28-11-9-16-46(19-21-55-5)37(28)25-34(32)42)29-12-6-7-13-30(29)40(48)44(3)17-14-38(47)43-35(41(49)50)26-56(51,52)53/h6-7,12-13,22-25,35H,8-11,14-21,26H2,1-5H3,(H2-,43,47,49,50,51,52,53)/t35-/m0/s1. The molecule has 0 saturated heterocycles. The van der Waals surface area contributed by atoms with Gasteiger partial charge in [-0.05, 0) is 82.1 Å². The number of carboxylic acids is 1. The van der Waals surface area contributed by atoms with E-state index < -0.39 is 39.2 Å².